The largest absolute Gasteiger partial charge is 0.462 e. The topological polar surface area (TPSA) is 78.9 Å². The van der Waals surface area contributed by atoms with Gasteiger partial charge in [-0.15, -0.1) is 0 Å². The van der Waals surface area contributed by atoms with Crippen molar-refractivity contribution in [3.63, 3.8) is 0 Å². The number of rotatable bonds is 51. The summed E-state index contributed by atoms with van der Waals surface area (Å²) in [5, 5.41) is 0. The lowest BCUT2D eigenvalue weighted by molar-refractivity contribution is -0.167. The number of allylic oxidation sites excluding steroid dienone is 14. The van der Waals surface area contributed by atoms with E-state index in [2.05, 4.69) is 106 Å². The summed E-state index contributed by atoms with van der Waals surface area (Å²) in [6, 6.07) is 0. The average Bonchev–Trinajstić information content (AvgIpc) is 3.34. The van der Waals surface area contributed by atoms with Crippen LogP contribution in [0.5, 0.6) is 0 Å². The number of esters is 3. The predicted octanol–water partition coefficient (Wildman–Crippen LogP) is 19.2. The van der Waals surface area contributed by atoms with Crippen LogP contribution < -0.4 is 0 Å². The molecule has 0 aliphatic heterocycles. The fourth-order valence-corrected chi connectivity index (χ4v) is 7.85. The van der Waals surface area contributed by atoms with Crippen molar-refractivity contribution in [2.75, 3.05) is 13.2 Å². The first-order valence-electron chi connectivity index (χ1n) is 28.6. The number of unbranched alkanes of at least 4 members (excludes halogenated alkanes) is 26. The van der Waals surface area contributed by atoms with Gasteiger partial charge < -0.3 is 14.2 Å². The summed E-state index contributed by atoms with van der Waals surface area (Å²) in [6.45, 7) is 6.47. The first kappa shape index (κ1) is 64.6. The zero-order chi connectivity index (χ0) is 49.3. The summed E-state index contributed by atoms with van der Waals surface area (Å²) in [4.78, 5) is 38.0. The van der Waals surface area contributed by atoms with Crippen molar-refractivity contribution in [3.05, 3.63) is 85.1 Å². The lowest BCUT2D eigenvalue weighted by atomic mass is 10.1. The Kier molecular flexibility index (Phi) is 53.4. The third-order valence-electron chi connectivity index (χ3n) is 12.1. The molecule has 0 rings (SSSR count). The molecule has 0 heterocycles. The van der Waals surface area contributed by atoms with Crippen LogP contribution in [0.2, 0.25) is 0 Å². The zero-order valence-electron chi connectivity index (χ0n) is 44.6. The minimum Gasteiger partial charge on any atom is -0.462 e. The maximum atomic E-state index is 12.8. The Morgan fingerprint density at radius 1 is 0.309 bits per heavy atom. The van der Waals surface area contributed by atoms with Gasteiger partial charge in [-0.2, -0.15) is 0 Å². The number of carbonyl (C=O) groups excluding carboxylic acids is 3. The molecular formula is C62H106O6. The van der Waals surface area contributed by atoms with Crippen molar-refractivity contribution in [3.8, 4) is 0 Å². The molecule has 68 heavy (non-hydrogen) atoms. The van der Waals surface area contributed by atoms with Gasteiger partial charge in [0, 0.05) is 19.3 Å². The number of hydrogen-bond acceptors (Lipinski definition) is 6. The van der Waals surface area contributed by atoms with Crippen LogP contribution in [0.3, 0.4) is 0 Å². The maximum absolute atomic E-state index is 12.8. The molecule has 390 valence electrons. The highest BCUT2D eigenvalue weighted by Gasteiger charge is 2.19. The lowest BCUT2D eigenvalue weighted by Crippen LogP contribution is -2.30. The Bertz CT molecular complexity index is 1320. The van der Waals surface area contributed by atoms with Gasteiger partial charge in [0.05, 0.1) is 0 Å². The smallest absolute Gasteiger partial charge is 0.306 e. The Morgan fingerprint density at radius 2 is 0.574 bits per heavy atom. The molecule has 0 bridgehead atoms. The SMILES string of the molecule is CC/C=C\C/C=C\C/C=C\C/C=C\CCCCC(=O)OC(COC(=O)CCCCCCCCCCCC)COC(=O)CCCCCCCCCCCC/C=C\C/C=C\C/C=C\CCCCCCC. The van der Waals surface area contributed by atoms with Crippen LogP contribution in [0.25, 0.3) is 0 Å². The highest BCUT2D eigenvalue weighted by Crippen LogP contribution is 2.15. The van der Waals surface area contributed by atoms with Gasteiger partial charge in [-0.05, 0) is 96.3 Å². The van der Waals surface area contributed by atoms with Crippen molar-refractivity contribution in [2.24, 2.45) is 0 Å². The second kappa shape index (κ2) is 56.2. The van der Waals surface area contributed by atoms with Gasteiger partial charge in [-0.1, -0.05) is 241 Å². The van der Waals surface area contributed by atoms with Gasteiger partial charge in [0.25, 0.3) is 0 Å². The molecule has 1 unspecified atom stereocenters. The summed E-state index contributed by atoms with van der Waals surface area (Å²) >= 11 is 0. The third kappa shape index (κ3) is 53.5. The fraction of sp³-hybridized carbons (Fsp3) is 0.726. The molecule has 0 aliphatic carbocycles. The van der Waals surface area contributed by atoms with E-state index < -0.39 is 6.10 Å². The van der Waals surface area contributed by atoms with Crippen LogP contribution in [0, 0.1) is 0 Å². The van der Waals surface area contributed by atoms with Gasteiger partial charge in [0.2, 0.25) is 0 Å². The quantitative estimate of drug-likeness (QED) is 0.0262. The Balaban J connectivity index is 4.30. The van der Waals surface area contributed by atoms with E-state index >= 15 is 0 Å². The van der Waals surface area contributed by atoms with Gasteiger partial charge in [-0.3, -0.25) is 14.4 Å². The van der Waals surface area contributed by atoms with Crippen LogP contribution in [0.15, 0.2) is 85.1 Å². The predicted molar refractivity (Wildman–Crippen MR) is 293 cm³/mol. The van der Waals surface area contributed by atoms with Crippen molar-refractivity contribution in [1.29, 1.82) is 0 Å². The van der Waals surface area contributed by atoms with Crippen molar-refractivity contribution >= 4 is 17.9 Å². The second-order valence-electron chi connectivity index (χ2n) is 18.8. The molecule has 0 aromatic carbocycles. The van der Waals surface area contributed by atoms with Crippen LogP contribution in [0.4, 0.5) is 0 Å². The van der Waals surface area contributed by atoms with Crippen LogP contribution in [-0.2, 0) is 28.6 Å². The van der Waals surface area contributed by atoms with E-state index in [4.69, 9.17) is 14.2 Å². The summed E-state index contributed by atoms with van der Waals surface area (Å²) in [6.07, 6.45) is 73.0. The van der Waals surface area contributed by atoms with Crippen molar-refractivity contribution < 1.29 is 28.6 Å². The first-order chi connectivity index (χ1) is 33.5. The third-order valence-corrected chi connectivity index (χ3v) is 12.1. The Morgan fingerprint density at radius 3 is 0.926 bits per heavy atom. The summed E-state index contributed by atoms with van der Waals surface area (Å²) in [5.41, 5.74) is 0. The molecule has 0 N–H and O–H groups in total. The van der Waals surface area contributed by atoms with Gasteiger partial charge in [-0.25, -0.2) is 0 Å². The summed E-state index contributed by atoms with van der Waals surface area (Å²) < 4.78 is 16.8. The molecule has 1 atom stereocenters. The normalized spacial score (nSPS) is 12.7. The molecule has 0 fully saturated rings. The summed E-state index contributed by atoms with van der Waals surface area (Å²) in [7, 11) is 0. The summed E-state index contributed by atoms with van der Waals surface area (Å²) in [5.74, 6) is -0.937. The molecule has 0 aromatic heterocycles. The molecule has 6 heteroatoms. The Hall–Kier alpha value is -3.41. The average molecular weight is 948 g/mol. The van der Waals surface area contributed by atoms with E-state index in [9.17, 15) is 14.4 Å². The highest BCUT2D eigenvalue weighted by atomic mass is 16.6. The van der Waals surface area contributed by atoms with E-state index in [0.29, 0.717) is 19.3 Å². The van der Waals surface area contributed by atoms with Crippen LogP contribution in [0.1, 0.15) is 271 Å². The number of hydrogen-bond donors (Lipinski definition) is 0. The van der Waals surface area contributed by atoms with Gasteiger partial charge in [0.1, 0.15) is 13.2 Å². The molecule has 0 saturated carbocycles. The van der Waals surface area contributed by atoms with Gasteiger partial charge in [0.15, 0.2) is 6.10 Å². The van der Waals surface area contributed by atoms with Crippen LogP contribution >= 0.6 is 0 Å². The number of carbonyl (C=O) groups is 3. The van der Waals surface area contributed by atoms with Gasteiger partial charge >= 0.3 is 17.9 Å². The fourth-order valence-electron chi connectivity index (χ4n) is 7.85. The molecule has 0 spiro atoms. The monoisotopic (exact) mass is 947 g/mol. The molecule has 0 amide bonds. The van der Waals surface area contributed by atoms with Crippen molar-refractivity contribution in [2.45, 2.75) is 277 Å². The van der Waals surface area contributed by atoms with Crippen molar-refractivity contribution in [1.82, 2.24) is 0 Å². The van der Waals surface area contributed by atoms with Crippen LogP contribution in [-0.4, -0.2) is 37.2 Å². The minimum atomic E-state index is -0.798. The highest BCUT2D eigenvalue weighted by molar-refractivity contribution is 5.71. The Labute approximate surface area is 420 Å². The zero-order valence-corrected chi connectivity index (χ0v) is 44.6. The standard InChI is InChI=1S/C62H106O6/c1-4-7-10-13-16-19-22-24-26-27-28-29-30-31-32-33-34-35-37-38-40-43-46-49-52-55-61(64)67-58-59(57-66-60(63)54-51-48-45-42-21-18-15-12-9-6-3)68-62(65)56-53-50-47-44-41-39-36-25-23-20-17-14-11-8-5-2/h8,11,17,20,22,24-25,27-28,30-31,36,41,44,59H,4-7,9-10,12-16,18-19,21,23,26,29,32-35,37-40,42-43,45-58H2,1-3H3/b11-8-,20-17-,24-22-,28-27-,31-30-,36-25-,44-41-. The second-order valence-corrected chi connectivity index (χ2v) is 18.8. The van der Waals surface area contributed by atoms with E-state index in [1.54, 1.807) is 0 Å². The lowest BCUT2D eigenvalue weighted by Gasteiger charge is -2.18. The molecule has 0 radical (unpaired) electrons. The maximum Gasteiger partial charge on any atom is 0.306 e. The minimum absolute atomic E-state index is 0.0930. The molecular weight excluding hydrogens is 841 g/mol. The molecule has 0 aliphatic rings. The van der Waals surface area contributed by atoms with E-state index in [1.165, 1.54) is 135 Å². The molecule has 6 nitrogen and oxygen atoms in total. The van der Waals surface area contributed by atoms with E-state index in [-0.39, 0.29) is 37.5 Å². The van der Waals surface area contributed by atoms with E-state index in [1.807, 2.05) is 0 Å². The number of ether oxygens (including phenoxy) is 3. The molecule has 0 aromatic rings. The molecule has 0 saturated heterocycles. The first-order valence-corrected chi connectivity index (χ1v) is 28.6. The van der Waals surface area contributed by atoms with E-state index in [0.717, 1.165) is 89.9 Å².